The summed E-state index contributed by atoms with van der Waals surface area (Å²) < 4.78 is 0. The number of hydrogen-bond donors (Lipinski definition) is 1. The Morgan fingerprint density at radius 3 is 2.74 bits per heavy atom. The lowest BCUT2D eigenvalue weighted by atomic mass is 10.1. The highest BCUT2D eigenvalue weighted by atomic mass is 35.5. The molecular weight excluding hydrogens is 270 g/mol. The van der Waals surface area contributed by atoms with Crippen molar-refractivity contribution in [3.05, 3.63) is 38.9 Å². The second-order valence-corrected chi connectivity index (χ2v) is 5.15. The molecule has 7 heteroatoms. The molecule has 0 aliphatic carbocycles. The third kappa shape index (κ3) is 2.54. The number of halogens is 1. The molecule has 1 heterocycles. The van der Waals surface area contributed by atoms with E-state index in [0.717, 1.165) is 0 Å². The predicted molar refractivity (Wildman–Crippen MR) is 71.1 cm³/mol. The van der Waals surface area contributed by atoms with Crippen LogP contribution in [0.15, 0.2) is 18.2 Å². The monoisotopic (exact) mass is 283 g/mol. The minimum absolute atomic E-state index is 0.0598. The maximum absolute atomic E-state index is 12.4. The second-order valence-electron chi connectivity index (χ2n) is 4.74. The second kappa shape index (κ2) is 5.14. The summed E-state index contributed by atoms with van der Waals surface area (Å²) in [5, 5.41) is 11.1. The van der Waals surface area contributed by atoms with Crippen molar-refractivity contribution in [3.8, 4) is 0 Å². The molecule has 19 heavy (non-hydrogen) atoms. The number of benzene rings is 1. The van der Waals surface area contributed by atoms with Gasteiger partial charge in [0, 0.05) is 25.2 Å². The Morgan fingerprint density at radius 2 is 2.21 bits per heavy atom. The van der Waals surface area contributed by atoms with Crippen molar-refractivity contribution in [2.45, 2.75) is 13.0 Å². The first-order chi connectivity index (χ1) is 8.91. The van der Waals surface area contributed by atoms with Gasteiger partial charge in [-0.25, -0.2) is 0 Å². The number of rotatable bonds is 2. The highest BCUT2D eigenvalue weighted by Gasteiger charge is 2.34. The van der Waals surface area contributed by atoms with Crippen LogP contribution in [-0.4, -0.2) is 34.9 Å². The molecule has 0 aromatic heterocycles. The van der Waals surface area contributed by atoms with Crippen LogP contribution in [0, 0.1) is 16.0 Å². The van der Waals surface area contributed by atoms with Crippen molar-refractivity contribution in [1.29, 1.82) is 0 Å². The molecule has 0 saturated carbocycles. The van der Waals surface area contributed by atoms with Gasteiger partial charge in [0.1, 0.15) is 5.56 Å². The number of amides is 1. The van der Waals surface area contributed by atoms with E-state index in [0.29, 0.717) is 13.1 Å². The molecule has 2 atom stereocenters. The summed E-state index contributed by atoms with van der Waals surface area (Å²) >= 11 is 5.94. The topological polar surface area (TPSA) is 89.5 Å². The lowest BCUT2D eigenvalue weighted by Crippen LogP contribution is -2.32. The van der Waals surface area contributed by atoms with Crippen LogP contribution >= 0.6 is 11.6 Å². The molecule has 2 unspecified atom stereocenters. The van der Waals surface area contributed by atoms with Gasteiger partial charge >= 0.3 is 0 Å². The number of hydrogen-bond acceptors (Lipinski definition) is 4. The number of carbonyl (C=O) groups excluding carboxylic acids is 1. The van der Waals surface area contributed by atoms with Crippen LogP contribution in [-0.2, 0) is 0 Å². The molecule has 0 spiro atoms. The van der Waals surface area contributed by atoms with Crippen LogP contribution in [0.4, 0.5) is 5.69 Å². The summed E-state index contributed by atoms with van der Waals surface area (Å²) in [6.45, 7) is 2.82. The van der Waals surface area contributed by atoms with Crippen molar-refractivity contribution < 1.29 is 9.72 Å². The van der Waals surface area contributed by atoms with Crippen LogP contribution in [0.25, 0.3) is 0 Å². The van der Waals surface area contributed by atoms with Crippen molar-refractivity contribution >= 4 is 23.2 Å². The van der Waals surface area contributed by atoms with Crippen molar-refractivity contribution in [1.82, 2.24) is 4.90 Å². The summed E-state index contributed by atoms with van der Waals surface area (Å²) in [4.78, 5) is 24.3. The first-order valence-electron chi connectivity index (χ1n) is 5.89. The zero-order valence-corrected chi connectivity index (χ0v) is 11.1. The zero-order chi connectivity index (χ0) is 14.2. The van der Waals surface area contributed by atoms with Crippen molar-refractivity contribution in [2.24, 2.45) is 11.7 Å². The molecule has 1 fully saturated rings. The number of nitro groups is 1. The van der Waals surface area contributed by atoms with Gasteiger partial charge in [-0.15, -0.1) is 0 Å². The minimum atomic E-state index is -0.599. The van der Waals surface area contributed by atoms with Gasteiger partial charge in [0.2, 0.25) is 0 Å². The molecule has 0 radical (unpaired) electrons. The van der Waals surface area contributed by atoms with Crippen molar-refractivity contribution in [3.63, 3.8) is 0 Å². The Morgan fingerprint density at radius 1 is 1.53 bits per heavy atom. The molecule has 102 valence electrons. The van der Waals surface area contributed by atoms with E-state index >= 15 is 0 Å². The zero-order valence-electron chi connectivity index (χ0n) is 10.4. The average molecular weight is 284 g/mol. The molecule has 6 nitrogen and oxygen atoms in total. The fraction of sp³-hybridized carbons (Fsp3) is 0.417. The maximum atomic E-state index is 12.4. The Balaban J connectivity index is 2.37. The summed E-state index contributed by atoms with van der Waals surface area (Å²) in [7, 11) is 0. The highest BCUT2D eigenvalue weighted by Crippen LogP contribution is 2.29. The van der Waals surface area contributed by atoms with E-state index in [1.54, 1.807) is 0 Å². The third-order valence-corrected chi connectivity index (χ3v) is 3.67. The van der Waals surface area contributed by atoms with E-state index in [1.807, 2.05) is 6.92 Å². The van der Waals surface area contributed by atoms with Crippen LogP contribution in [0.5, 0.6) is 0 Å². The van der Waals surface area contributed by atoms with E-state index in [9.17, 15) is 14.9 Å². The summed E-state index contributed by atoms with van der Waals surface area (Å²) in [6.07, 6.45) is 0. The van der Waals surface area contributed by atoms with E-state index in [4.69, 9.17) is 17.3 Å². The molecule has 1 aliphatic rings. The number of nitrogens with zero attached hydrogens (tertiary/aromatic N) is 2. The summed E-state index contributed by atoms with van der Waals surface area (Å²) in [5.74, 6) is -0.261. The Labute approximate surface area is 115 Å². The van der Waals surface area contributed by atoms with Gasteiger partial charge < -0.3 is 10.6 Å². The van der Waals surface area contributed by atoms with Crippen molar-refractivity contribution in [2.75, 3.05) is 13.1 Å². The number of carbonyl (C=O) groups is 1. The molecule has 0 bridgehead atoms. The highest BCUT2D eigenvalue weighted by molar-refractivity contribution is 6.34. The van der Waals surface area contributed by atoms with Gasteiger partial charge in [-0.2, -0.15) is 0 Å². The smallest absolute Gasteiger partial charge is 0.283 e. The summed E-state index contributed by atoms with van der Waals surface area (Å²) in [6, 6.07) is 4.10. The lowest BCUT2D eigenvalue weighted by Gasteiger charge is -2.16. The normalized spacial score (nSPS) is 22.6. The Hall–Kier alpha value is -1.66. The molecule has 1 aliphatic heterocycles. The first kappa shape index (κ1) is 13.8. The standard InChI is InChI=1S/C12H14ClN3O3/c1-7-5-15(6-9(7)14)12(17)11-8(13)3-2-4-10(11)16(18)19/h2-4,7,9H,5-6,14H2,1H3. The van der Waals surface area contributed by atoms with Gasteiger partial charge in [0.25, 0.3) is 11.6 Å². The molecule has 2 N–H and O–H groups in total. The molecule has 1 saturated heterocycles. The fourth-order valence-corrected chi connectivity index (χ4v) is 2.44. The van der Waals surface area contributed by atoms with E-state index in [-0.39, 0.29) is 28.2 Å². The van der Waals surface area contributed by atoms with Gasteiger partial charge in [0.15, 0.2) is 0 Å². The lowest BCUT2D eigenvalue weighted by molar-refractivity contribution is -0.385. The quantitative estimate of drug-likeness (QED) is 0.660. The average Bonchev–Trinajstić information content (AvgIpc) is 2.68. The van der Waals surface area contributed by atoms with Gasteiger partial charge in [-0.05, 0) is 12.0 Å². The van der Waals surface area contributed by atoms with Crippen LogP contribution in [0.3, 0.4) is 0 Å². The van der Waals surface area contributed by atoms with Gasteiger partial charge in [-0.3, -0.25) is 14.9 Å². The number of nitrogens with two attached hydrogens (primary N) is 1. The maximum Gasteiger partial charge on any atom is 0.283 e. The Bertz CT molecular complexity index is 525. The van der Waals surface area contributed by atoms with E-state index in [2.05, 4.69) is 0 Å². The summed E-state index contributed by atoms with van der Waals surface area (Å²) in [5.41, 5.74) is 5.53. The number of nitro benzene ring substituents is 1. The largest absolute Gasteiger partial charge is 0.336 e. The van der Waals surface area contributed by atoms with Gasteiger partial charge in [-0.1, -0.05) is 24.6 Å². The van der Waals surface area contributed by atoms with E-state index < -0.39 is 10.8 Å². The molecule has 2 rings (SSSR count). The van der Waals surface area contributed by atoms with Gasteiger partial charge in [0.05, 0.1) is 9.95 Å². The SMILES string of the molecule is CC1CN(C(=O)c2c(Cl)cccc2[N+](=O)[O-])CC1N. The van der Waals surface area contributed by atoms with Crippen LogP contribution in [0.1, 0.15) is 17.3 Å². The molecular formula is C12H14ClN3O3. The van der Waals surface area contributed by atoms with Crippen LogP contribution in [0.2, 0.25) is 5.02 Å². The molecule has 1 aromatic rings. The fourth-order valence-electron chi connectivity index (χ4n) is 2.19. The molecule has 1 amide bonds. The Kier molecular flexibility index (Phi) is 3.73. The number of likely N-dealkylation sites (tertiary alicyclic amines) is 1. The third-order valence-electron chi connectivity index (χ3n) is 3.36. The van der Waals surface area contributed by atoms with Crippen LogP contribution < -0.4 is 5.73 Å². The first-order valence-corrected chi connectivity index (χ1v) is 6.27. The van der Waals surface area contributed by atoms with E-state index in [1.165, 1.54) is 23.1 Å². The minimum Gasteiger partial charge on any atom is -0.336 e. The molecule has 1 aromatic carbocycles. The predicted octanol–water partition coefficient (Wildman–Crippen LogP) is 1.67.